The number of halogens is 1. The number of methoxy groups -OCH3 is 2. The Kier molecular flexibility index (Phi) is 4.68. The maximum atomic E-state index is 10.6. The van der Waals surface area contributed by atoms with Gasteiger partial charge < -0.3 is 14.6 Å². The second-order valence-corrected chi connectivity index (χ2v) is 5.39. The fraction of sp³-hybridized carbons (Fsp3) is 0.250. The van der Waals surface area contributed by atoms with Crippen LogP contribution in [-0.4, -0.2) is 19.3 Å². The molecule has 2 rings (SSSR count). The monoisotopic (exact) mass is 336 g/mol. The van der Waals surface area contributed by atoms with Gasteiger partial charge in [0.05, 0.1) is 14.2 Å². The summed E-state index contributed by atoms with van der Waals surface area (Å²) in [6.07, 6.45) is -0.758. The standard InChI is InChI=1S/C16H17BrO3/c1-10-4-6-12(14(17)8-10)16(18)13-7-5-11(19-2)9-15(13)20-3/h4-9,16,18H,1-3H3. The number of ether oxygens (including phenoxy) is 2. The lowest BCUT2D eigenvalue weighted by Crippen LogP contribution is -2.04. The van der Waals surface area contributed by atoms with Gasteiger partial charge in [-0.3, -0.25) is 0 Å². The maximum Gasteiger partial charge on any atom is 0.128 e. The van der Waals surface area contributed by atoms with E-state index in [0.29, 0.717) is 17.1 Å². The van der Waals surface area contributed by atoms with Crippen molar-refractivity contribution in [3.05, 3.63) is 57.6 Å². The zero-order valence-corrected chi connectivity index (χ0v) is 13.3. The predicted molar refractivity (Wildman–Crippen MR) is 82.5 cm³/mol. The quantitative estimate of drug-likeness (QED) is 0.921. The average molecular weight is 337 g/mol. The minimum atomic E-state index is -0.758. The number of aliphatic hydroxyl groups is 1. The molecule has 0 saturated heterocycles. The van der Waals surface area contributed by atoms with Crippen molar-refractivity contribution in [2.75, 3.05) is 14.2 Å². The highest BCUT2D eigenvalue weighted by molar-refractivity contribution is 9.10. The van der Waals surface area contributed by atoms with Crippen LogP contribution in [0, 0.1) is 6.92 Å². The Labute approximate surface area is 127 Å². The van der Waals surface area contributed by atoms with Gasteiger partial charge in [0.2, 0.25) is 0 Å². The second-order valence-electron chi connectivity index (χ2n) is 4.54. The molecule has 4 heteroatoms. The SMILES string of the molecule is COc1ccc(C(O)c2ccc(C)cc2Br)c(OC)c1. The molecule has 0 bridgehead atoms. The Balaban J connectivity index is 2.44. The molecule has 0 radical (unpaired) electrons. The molecule has 0 aromatic heterocycles. The first kappa shape index (κ1) is 14.9. The van der Waals surface area contributed by atoms with Crippen LogP contribution in [0.4, 0.5) is 0 Å². The van der Waals surface area contributed by atoms with Crippen molar-refractivity contribution in [1.82, 2.24) is 0 Å². The minimum absolute atomic E-state index is 0.601. The first-order chi connectivity index (χ1) is 9.56. The van der Waals surface area contributed by atoms with Gasteiger partial charge in [-0.15, -0.1) is 0 Å². The lowest BCUT2D eigenvalue weighted by molar-refractivity contribution is 0.213. The van der Waals surface area contributed by atoms with Crippen LogP contribution in [0.1, 0.15) is 22.8 Å². The maximum absolute atomic E-state index is 10.6. The van der Waals surface area contributed by atoms with E-state index in [-0.39, 0.29) is 0 Å². The molecule has 0 spiro atoms. The van der Waals surface area contributed by atoms with E-state index in [9.17, 15) is 5.11 Å². The summed E-state index contributed by atoms with van der Waals surface area (Å²) in [4.78, 5) is 0. The van der Waals surface area contributed by atoms with Crippen LogP contribution in [0.5, 0.6) is 11.5 Å². The van der Waals surface area contributed by atoms with Crippen LogP contribution >= 0.6 is 15.9 Å². The minimum Gasteiger partial charge on any atom is -0.497 e. The van der Waals surface area contributed by atoms with E-state index in [2.05, 4.69) is 15.9 Å². The van der Waals surface area contributed by atoms with E-state index >= 15 is 0 Å². The molecule has 0 aliphatic carbocycles. The van der Waals surface area contributed by atoms with Crippen LogP contribution < -0.4 is 9.47 Å². The Morgan fingerprint density at radius 3 is 2.30 bits per heavy atom. The average Bonchev–Trinajstić information content (AvgIpc) is 2.46. The van der Waals surface area contributed by atoms with Crippen LogP contribution in [0.2, 0.25) is 0 Å². The van der Waals surface area contributed by atoms with Crippen LogP contribution in [0.15, 0.2) is 40.9 Å². The molecule has 2 aromatic rings. The Hall–Kier alpha value is -1.52. The summed E-state index contributed by atoms with van der Waals surface area (Å²) in [5.41, 5.74) is 2.64. The second kappa shape index (κ2) is 6.29. The first-order valence-corrected chi connectivity index (χ1v) is 7.02. The van der Waals surface area contributed by atoms with Crippen molar-refractivity contribution in [1.29, 1.82) is 0 Å². The first-order valence-electron chi connectivity index (χ1n) is 6.23. The smallest absolute Gasteiger partial charge is 0.128 e. The zero-order valence-electron chi connectivity index (χ0n) is 11.7. The van der Waals surface area contributed by atoms with Gasteiger partial charge in [0, 0.05) is 16.1 Å². The molecule has 0 heterocycles. The van der Waals surface area contributed by atoms with Crippen molar-refractivity contribution < 1.29 is 14.6 Å². The van der Waals surface area contributed by atoms with Gasteiger partial charge in [-0.1, -0.05) is 28.1 Å². The Morgan fingerprint density at radius 1 is 1.00 bits per heavy atom. The third-order valence-electron chi connectivity index (χ3n) is 3.19. The molecule has 1 N–H and O–H groups in total. The number of rotatable bonds is 4. The molecule has 0 amide bonds. The third kappa shape index (κ3) is 2.97. The summed E-state index contributed by atoms with van der Waals surface area (Å²) in [6, 6.07) is 11.3. The normalized spacial score (nSPS) is 12.1. The molecule has 1 atom stereocenters. The van der Waals surface area contributed by atoms with Crippen molar-refractivity contribution >= 4 is 15.9 Å². The van der Waals surface area contributed by atoms with E-state index in [4.69, 9.17) is 9.47 Å². The lowest BCUT2D eigenvalue weighted by Gasteiger charge is -2.17. The third-order valence-corrected chi connectivity index (χ3v) is 3.87. The van der Waals surface area contributed by atoms with Crippen molar-refractivity contribution in [2.45, 2.75) is 13.0 Å². The van der Waals surface area contributed by atoms with Crippen molar-refractivity contribution in [3.8, 4) is 11.5 Å². The highest BCUT2D eigenvalue weighted by Gasteiger charge is 2.18. The Morgan fingerprint density at radius 2 is 1.70 bits per heavy atom. The summed E-state index contributed by atoms with van der Waals surface area (Å²) in [7, 11) is 3.18. The largest absolute Gasteiger partial charge is 0.497 e. The van der Waals surface area contributed by atoms with Gasteiger partial charge >= 0.3 is 0 Å². The molecule has 20 heavy (non-hydrogen) atoms. The van der Waals surface area contributed by atoms with E-state index in [0.717, 1.165) is 15.6 Å². The highest BCUT2D eigenvalue weighted by Crippen LogP contribution is 2.35. The summed E-state index contributed by atoms with van der Waals surface area (Å²) in [5.74, 6) is 1.30. The molecule has 1 unspecified atom stereocenters. The lowest BCUT2D eigenvalue weighted by atomic mass is 9.99. The number of hydrogen-bond donors (Lipinski definition) is 1. The van der Waals surface area contributed by atoms with Crippen molar-refractivity contribution in [3.63, 3.8) is 0 Å². The van der Waals surface area contributed by atoms with Gasteiger partial charge in [0.15, 0.2) is 0 Å². The fourth-order valence-corrected chi connectivity index (χ4v) is 2.78. The van der Waals surface area contributed by atoms with Crippen LogP contribution in [-0.2, 0) is 0 Å². The molecule has 0 aliphatic rings. The van der Waals surface area contributed by atoms with Gasteiger partial charge in [-0.2, -0.15) is 0 Å². The van der Waals surface area contributed by atoms with E-state index < -0.39 is 6.10 Å². The molecule has 0 saturated carbocycles. The number of benzene rings is 2. The molecule has 106 valence electrons. The summed E-state index contributed by atoms with van der Waals surface area (Å²) in [5, 5.41) is 10.6. The number of aryl methyl sites for hydroxylation is 1. The molecule has 3 nitrogen and oxygen atoms in total. The summed E-state index contributed by atoms with van der Waals surface area (Å²) >= 11 is 3.49. The van der Waals surface area contributed by atoms with Crippen LogP contribution in [0.3, 0.4) is 0 Å². The summed E-state index contributed by atoms with van der Waals surface area (Å²) in [6.45, 7) is 2.01. The molecule has 0 fully saturated rings. The number of aliphatic hydroxyl groups excluding tert-OH is 1. The van der Waals surface area contributed by atoms with Gasteiger partial charge in [0.1, 0.15) is 17.6 Å². The summed E-state index contributed by atoms with van der Waals surface area (Å²) < 4.78 is 11.4. The van der Waals surface area contributed by atoms with Crippen LogP contribution in [0.25, 0.3) is 0 Å². The topological polar surface area (TPSA) is 38.7 Å². The van der Waals surface area contributed by atoms with Gasteiger partial charge in [-0.25, -0.2) is 0 Å². The predicted octanol–water partition coefficient (Wildman–Crippen LogP) is 3.86. The molecular formula is C16H17BrO3. The van der Waals surface area contributed by atoms with Gasteiger partial charge in [0.25, 0.3) is 0 Å². The van der Waals surface area contributed by atoms with Crippen molar-refractivity contribution in [2.24, 2.45) is 0 Å². The highest BCUT2D eigenvalue weighted by atomic mass is 79.9. The Bertz CT molecular complexity index is 611. The molecule has 0 aliphatic heterocycles. The number of hydrogen-bond acceptors (Lipinski definition) is 3. The van der Waals surface area contributed by atoms with E-state index in [1.807, 2.05) is 37.3 Å². The van der Waals surface area contributed by atoms with E-state index in [1.54, 1.807) is 20.3 Å². The fourth-order valence-electron chi connectivity index (χ4n) is 2.07. The zero-order chi connectivity index (χ0) is 14.7. The molecular weight excluding hydrogens is 320 g/mol. The van der Waals surface area contributed by atoms with E-state index in [1.165, 1.54) is 0 Å². The van der Waals surface area contributed by atoms with Gasteiger partial charge in [-0.05, 0) is 36.2 Å². The molecule has 2 aromatic carbocycles.